The van der Waals surface area contributed by atoms with Crippen LogP contribution in [-0.2, 0) is 0 Å². The Hall–Kier alpha value is -3.62. The van der Waals surface area contributed by atoms with Gasteiger partial charge in [0.15, 0.2) is 11.5 Å². The summed E-state index contributed by atoms with van der Waals surface area (Å²) in [6.45, 7) is 0.0109. The predicted molar refractivity (Wildman–Crippen MR) is 102 cm³/mol. The van der Waals surface area contributed by atoms with Gasteiger partial charge < -0.3 is 19.1 Å². The molecule has 1 aliphatic heterocycles. The maximum Gasteiger partial charge on any atom is 0.335 e. The van der Waals surface area contributed by atoms with E-state index in [-0.39, 0.29) is 24.1 Å². The topological polar surface area (TPSA) is 117 Å². The zero-order valence-corrected chi connectivity index (χ0v) is 15.3. The second-order valence-electron chi connectivity index (χ2n) is 7.23. The van der Waals surface area contributed by atoms with Gasteiger partial charge in [-0.2, -0.15) is 0 Å². The van der Waals surface area contributed by atoms with Crippen LogP contribution < -0.4 is 9.47 Å². The van der Waals surface area contributed by atoms with E-state index in [9.17, 15) is 20.0 Å². The summed E-state index contributed by atoms with van der Waals surface area (Å²) < 4.78 is 12.7. The average molecular weight is 395 g/mol. The van der Waals surface area contributed by atoms with Crippen molar-refractivity contribution in [2.24, 2.45) is 0 Å². The minimum atomic E-state index is -1.04. The van der Waals surface area contributed by atoms with Gasteiger partial charge in [-0.15, -0.1) is 0 Å². The lowest BCUT2D eigenvalue weighted by Gasteiger charge is -2.16. The second-order valence-corrected chi connectivity index (χ2v) is 7.23. The molecule has 9 nitrogen and oxygen atoms in total. The molecule has 0 atom stereocenters. The first-order valence-corrected chi connectivity index (χ1v) is 9.36. The average Bonchev–Trinajstić information content (AvgIpc) is 3.44. The number of imidazole rings is 1. The molecule has 1 fully saturated rings. The molecule has 1 aliphatic carbocycles. The Labute approximate surface area is 164 Å². The number of aromatic nitrogens is 2. The summed E-state index contributed by atoms with van der Waals surface area (Å²) in [5.41, 5.74) is 1.60. The molecule has 29 heavy (non-hydrogen) atoms. The van der Waals surface area contributed by atoms with Crippen LogP contribution in [0.2, 0.25) is 0 Å². The van der Waals surface area contributed by atoms with Gasteiger partial charge in [-0.25, -0.2) is 9.78 Å². The Morgan fingerprint density at radius 3 is 2.59 bits per heavy atom. The van der Waals surface area contributed by atoms with Crippen molar-refractivity contribution in [2.75, 3.05) is 6.79 Å². The Kier molecular flexibility index (Phi) is 3.90. The van der Waals surface area contributed by atoms with Crippen LogP contribution in [0.5, 0.6) is 11.5 Å². The number of hydrogen-bond acceptors (Lipinski definition) is 6. The molecule has 1 saturated carbocycles. The highest BCUT2D eigenvalue weighted by Gasteiger charge is 2.30. The van der Waals surface area contributed by atoms with E-state index in [4.69, 9.17) is 9.47 Å². The lowest BCUT2D eigenvalue weighted by Crippen LogP contribution is -2.07. The molecule has 5 rings (SSSR count). The first-order valence-electron chi connectivity index (χ1n) is 9.36. The van der Waals surface area contributed by atoms with Crippen LogP contribution in [0.1, 0.15) is 42.1 Å². The molecular weight excluding hydrogens is 378 g/mol. The molecule has 2 heterocycles. The highest BCUT2D eigenvalue weighted by Crippen LogP contribution is 2.44. The molecule has 2 aromatic carbocycles. The van der Waals surface area contributed by atoms with Crippen LogP contribution in [0, 0.1) is 10.1 Å². The first-order chi connectivity index (χ1) is 14.0. The largest absolute Gasteiger partial charge is 0.478 e. The fraction of sp³-hybridized carbons (Fsp3) is 0.300. The van der Waals surface area contributed by atoms with Gasteiger partial charge in [-0.3, -0.25) is 10.1 Å². The van der Waals surface area contributed by atoms with E-state index in [2.05, 4.69) is 4.98 Å². The molecule has 0 unspecified atom stereocenters. The molecule has 0 radical (unpaired) electrons. The van der Waals surface area contributed by atoms with Crippen molar-refractivity contribution in [2.45, 2.75) is 31.7 Å². The van der Waals surface area contributed by atoms with Gasteiger partial charge in [0.25, 0.3) is 5.69 Å². The lowest BCUT2D eigenvalue weighted by molar-refractivity contribution is -0.384. The van der Waals surface area contributed by atoms with E-state index in [1.165, 1.54) is 18.2 Å². The van der Waals surface area contributed by atoms with Crippen molar-refractivity contribution in [3.8, 4) is 22.9 Å². The van der Waals surface area contributed by atoms with Crippen molar-refractivity contribution >= 4 is 22.7 Å². The van der Waals surface area contributed by atoms with Crippen LogP contribution in [0.25, 0.3) is 22.4 Å². The van der Waals surface area contributed by atoms with Crippen LogP contribution in [-0.4, -0.2) is 32.3 Å². The maximum atomic E-state index is 11.8. The van der Waals surface area contributed by atoms with Gasteiger partial charge in [0, 0.05) is 12.1 Å². The van der Waals surface area contributed by atoms with E-state index in [0.717, 1.165) is 31.2 Å². The molecule has 0 spiro atoms. The fourth-order valence-electron chi connectivity index (χ4n) is 4.22. The Morgan fingerprint density at radius 1 is 1.17 bits per heavy atom. The first kappa shape index (κ1) is 17.5. The normalized spacial score (nSPS) is 15.9. The number of benzene rings is 2. The molecule has 9 heteroatoms. The van der Waals surface area contributed by atoms with Gasteiger partial charge in [0.1, 0.15) is 5.82 Å². The molecule has 1 N–H and O–H groups in total. The van der Waals surface area contributed by atoms with Crippen molar-refractivity contribution in [1.29, 1.82) is 0 Å². The SMILES string of the molecule is O=C(O)c1ccc2c(c1)nc(-c1cc3c(cc1[N+](=O)[O-])OCO3)n2C1CCCC1. The quantitative estimate of drug-likeness (QED) is 0.521. The summed E-state index contributed by atoms with van der Waals surface area (Å²) in [6.07, 6.45) is 4.02. The number of nitrogens with zero attached hydrogens (tertiary/aromatic N) is 3. The summed E-state index contributed by atoms with van der Waals surface area (Å²) in [5, 5.41) is 21.1. The molecule has 0 amide bonds. The van der Waals surface area contributed by atoms with Gasteiger partial charge >= 0.3 is 5.97 Å². The summed E-state index contributed by atoms with van der Waals surface area (Å²) in [7, 11) is 0. The van der Waals surface area contributed by atoms with Gasteiger partial charge in [0.05, 0.1) is 33.1 Å². The highest BCUT2D eigenvalue weighted by atomic mass is 16.7. The number of carboxylic acid groups (broad SMARTS) is 1. The van der Waals surface area contributed by atoms with Gasteiger partial charge in [-0.05, 0) is 31.0 Å². The number of nitro benzene ring substituents is 1. The van der Waals surface area contributed by atoms with Crippen LogP contribution in [0.4, 0.5) is 5.69 Å². The third kappa shape index (κ3) is 2.77. The van der Waals surface area contributed by atoms with Crippen molar-refractivity contribution in [3.05, 3.63) is 46.0 Å². The Bertz CT molecular complexity index is 1160. The zero-order valence-electron chi connectivity index (χ0n) is 15.3. The molecule has 148 valence electrons. The van der Waals surface area contributed by atoms with Crippen molar-refractivity contribution in [1.82, 2.24) is 9.55 Å². The lowest BCUT2D eigenvalue weighted by atomic mass is 10.1. The number of ether oxygens (including phenoxy) is 2. The minimum absolute atomic E-state index is 0.0109. The maximum absolute atomic E-state index is 11.8. The van der Waals surface area contributed by atoms with Crippen LogP contribution in [0.15, 0.2) is 30.3 Å². The molecule has 0 bridgehead atoms. The number of carboxylic acids is 1. The predicted octanol–water partition coefficient (Wildman–Crippen LogP) is 4.15. The fourth-order valence-corrected chi connectivity index (χ4v) is 4.22. The Balaban J connectivity index is 1.79. The number of aromatic carboxylic acids is 1. The second kappa shape index (κ2) is 6.47. The third-order valence-corrected chi connectivity index (χ3v) is 5.55. The van der Waals surface area contributed by atoms with Crippen LogP contribution in [0.3, 0.4) is 0 Å². The monoisotopic (exact) mass is 395 g/mol. The summed E-state index contributed by atoms with van der Waals surface area (Å²) in [4.78, 5) is 27.3. The van der Waals surface area contributed by atoms with Crippen LogP contribution >= 0.6 is 0 Å². The van der Waals surface area contributed by atoms with Crippen molar-refractivity contribution < 1.29 is 24.3 Å². The van der Waals surface area contributed by atoms with E-state index < -0.39 is 10.9 Å². The Morgan fingerprint density at radius 2 is 1.90 bits per heavy atom. The number of carbonyl (C=O) groups is 1. The molecule has 0 saturated heterocycles. The van der Waals surface area contributed by atoms with Crippen molar-refractivity contribution in [3.63, 3.8) is 0 Å². The minimum Gasteiger partial charge on any atom is -0.478 e. The van der Waals surface area contributed by atoms with E-state index >= 15 is 0 Å². The summed E-state index contributed by atoms with van der Waals surface area (Å²) in [6, 6.07) is 7.87. The zero-order chi connectivity index (χ0) is 20.1. The summed E-state index contributed by atoms with van der Waals surface area (Å²) >= 11 is 0. The summed E-state index contributed by atoms with van der Waals surface area (Å²) in [5.74, 6) is 0.163. The molecule has 3 aromatic rings. The van der Waals surface area contributed by atoms with E-state index in [1.807, 2.05) is 4.57 Å². The smallest absolute Gasteiger partial charge is 0.335 e. The molecule has 1 aromatic heterocycles. The van der Waals surface area contributed by atoms with Gasteiger partial charge in [-0.1, -0.05) is 12.8 Å². The van der Waals surface area contributed by atoms with Gasteiger partial charge in [0.2, 0.25) is 6.79 Å². The third-order valence-electron chi connectivity index (χ3n) is 5.55. The van der Waals surface area contributed by atoms with E-state index in [1.54, 1.807) is 12.1 Å². The number of hydrogen-bond donors (Lipinski definition) is 1. The number of nitro groups is 1. The van der Waals surface area contributed by atoms with E-state index in [0.29, 0.717) is 28.4 Å². The molecule has 2 aliphatic rings. The standard InChI is InChI=1S/C20H17N3O6/c24-20(25)11-5-6-15-14(7-11)21-19(22(15)12-3-1-2-4-12)13-8-17-18(29-10-28-17)9-16(13)23(26)27/h5-9,12H,1-4,10H2,(H,24,25). The number of rotatable bonds is 4. The molecular formula is C20H17N3O6. The number of fused-ring (bicyclic) bond motifs is 2. The highest BCUT2D eigenvalue weighted by molar-refractivity contribution is 5.93.